The zero-order valence-corrected chi connectivity index (χ0v) is 16.3. The predicted octanol–water partition coefficient (Wildman–Crippen LogP) is 4.60. The maximum atomic E-state index is 11.3. The first-order valence-corrected chi connectivity index (χ1v) is 9.35. The fraction of sp³-hybridized carbons (Fsp3) is 0.130. The van der Waals surface area contributed by atoms with Gasteiger partial charge in [0.1, 0.15) is 12.1 Å². The van der Waals surface area contributed by atoms with Gasteiger partial charge in [0.15, 0.2) is 0 Å². The Morgan fingerprint density at radius 2 is 1.86 bits per heavy atom. The Labute approximate surface area is 169 Å². The molecule has 29 heavy (non-hydrogen) atoms. The number of carbonyl (C=O) groups excluding carboxylic acids is 1. The molecule has 0 saturated carbocycles. The first kappa shape index (κ1) is 18.6. The molecule has 1 heterocycles. The maximum Gasteiger partial charge on any atom is 0.221 e. The van der Waals surface area contributed by atoms with Gasteiger partial charge in [-0.15, -0.1) is 0 Å². The van der Waals surface area contributed by atoms with Crippen molar-refractivity contribution in [2.75, 3.05) is 17.7 Å². The number of rotatable bonds is 6. The van der Waals surface area contributed by atoms with Crippen LogP contribution < -0.4 is 15.4 Å². The van der Waals surface area contributed by atoms with Crippen molar-refractivity contribution < 1.29 is 9.53 Å². The lowest BCUT2D eigenvalue weighted by Crippen LogP contribution is -2.07. The number of benzene rings is 3. The van der Waals surface area contributed by atoms with Gasteiger partial charge >= 0.3 is 0 Å². The second-order valence-corrected chi connectivity index (χ2v) is 6.72. The van der Waals surface area contributed by atoms with Crippen LogP contribution in [-0.2, 0) is 11.3 Å². The highest BCUT2D eigenvalue weighted by Gasteiger charge is 2.07. The van der Waals surface area contributed by atoms with Gasteiger partial charge in [0.05, 0.1) is 23.8 Å². The normalized spacial score (nSPS) is 10.7. The number of ether oxygens (including phenoxy) is 1. The summed E-state index contributed by atoms with van der Waals surface area (Å²) in [5.74, 6) is 0.488. The molecule has 0 aliphatic rings. The molecule has 6 heteroatoms. The predicted molar refractivity (Wildman–Crippen MR) is 116 cm³/mol. The SMILES string of the molecule is COc1cc(NCc2ccc(-n3cnc4ccccc43)cc2)ccc1NC(C)=O. The van der Waals surface area contributed by atoms with Gasteiger partial charge in [-0.25, -0.2) is 4.98 Å². The van der Waals surface area contributed by atoms with Gasteiger partial charge in [-0.3, -0.25) is 9.36 Å². The summed E-state index contributed by atoms with van der Waals surface area (Å²) in [6.45, 7) is 2.15. The summed E-state index contributed by atoms with van der Waals surface area (Å²) in [6.07, 6.45) is 1.85. The van der Waals surface area contributed by atoms with Crippen LogP contribution in [0.15, 0.2) is 73.1 Å². The van der Waals surface area contributed by atoms with E-state index in [0.29, 0.717) is 18.0 Å². The molecular weight excluding hydrogens is 364 g/mol. The lowest BCUT2D eigenvalue weighted by Gasteiger charge is -2.13. The second kappa shape index (κ2) is 8.06. The summed E-state index contributed by atoms with van der Waals surface area (Å²) in [4.78, 5) is 15.7. The van der Waals surface area contributed by atoms with Crippen LogP contribution in [0.25, 0.3) is 16.7 Å². The number of fused-ring (bicyclic) bond motifs is 1. The monoisotopic (exact) mass is 386 g/mol. The maximum absolute atomic E-state index is 11.3. The fourth-order valence-electron chi connectivity index (χ4n) is 3.24. The summed E-state index contributed by atoms with van der Waals surface area (Å²) in [7, 11) is 1.59. The second-order valence-electron chi connectivity index (χ2n) is 6.72. The van der Waals surface area contributed by atoms with Crippen molar-refractivity contribution in [2.45, 2.75) is 13.5 Å². The van der Waals surface area contributed by atoms with E-state index in [2.05, 4.69) is 50.5 Å². The van der Waals surface area contributed by atoms with Crippen LogP contribution >= 0.6 is 0 Å². The number of carbonyl (C=O) groups is 1. The minimum absolute atomic E-state index is 0.130. The number of aromatic nitrogens is 2. The van der Waals surface area contributed by atoms with Crippen molar-refractivity contribution in [1.29, 1.82) is 0 Å². The lowest BCUT2D eigenvalue weighted by molar-refractivity contribution is -0.114. The van der Waals surface area contributed by atoms with E-state index in [9.17, 15) is 4.79 Å². The molecule has 1 amide bonds. The molecule has 4 rings (SSSR count). The molecule has 0 atom stereocenters. The number of hydrogen-bond donors (Lipinski definition) is 2. The largest absolute Gasteiger partial charge is 0.494 e. The van der Waals surface area contributed by atoms with E-state index in [1.807, 2.05) is 42.7 Å². The van der Waals surface area contributed by atoms with Crippen molar-refractivity contribution in [2.24, 2.45) is 0 Å². The topological polar surface area (TPSA) is 68.2 Å². The van der Waals surface area contributed by atoms with Gasteiger partial charge in [-0.05, 0) is 42.0 Å². The zero-order valence-electron chi connectivity index (χ0n) is 16.3. The Morgan fingerprint density at radius 3 is 2.62 bits per heavy atom. The van der Waals surface area contributed by atoms with E-state index in [4.69, 9.17) is 4.74 Å². The average molecular weight is 386 g/mol. The Morgan fingerprint density at radius 1 is 1.07 bits per heavy atom. The summed E-state index contributed by atoms with van der Waals surface area (Å²) < 4.78 is 7.45. The van der Waals surface area contributed by atoms with Gasteiger partial charge in [0.2, 0.25) is 5.91 Å². The van der Waals surface area contributed by atoms with E-state index in [1.54, 1.807) is 7.11 Å². The third-order valence-electron chi connectivity index (χ3n) is 4.68. The van der Waals surface area contributed by atoms with Crippen LogP contribution in [0, 0.1) is 0 Å². The summed E-state index contributed by atoms with van der Waals surface area (Å²) in [6, 6.07) is 22.1. The van der Waals surface area contributed by atoms with Gasteiger partial charge in [0.25, 0.3) is 0 Å². The lowest BCUT2D eigenvalue weighted by atomic mass is 10.2. The Kier molecular flexibility index (Phi) is 5.16. The molecule has 4 aromatic rings. The van der Waals surface area contributed by atoms with Crippen LogP contribution in [0.5, 0.6) is 5.75 Å². The fourth-order valence-corrected chi connectivity index (χ4v) is 3.24. The smallest absolute Gasteiger partial charge is 0.221 e. The van der Waals surface area contributed by atoms with E-state index in [1.165, 1.54) is 6.92 Å². The van der Waals surface area contributed by atoms with Gasteiger partial charge < -0.3 is 15.4 Å². The molecule has 0 unspecified atom stereocenters. The van der Waals surface area contributed by atoms with Crippen LogP contribution in [0.4, 0.5) is 11.4 Å². The number of imidazole rings is 1. The van der Waals surface area contributed by atoms with Crippen LogP contribution in [-0.4, -0.2) is 22.6 Å². The van der Waals surface area contributed by atoms with Crippen molar-refractivity contribution in [3.63, 3.8) is 0 Å². The number of hydrogen-bond acceptors (Lipinski definition) is 4. The van der Waals surface area contributed by atoms with Crippen LogP contribution in [0.1, 0.15) is 12.5 Å². The summed E-state index contributed by atoms with van der Waals surface area (Å²) >= 11 is 0. The van der Waals surface area contributed by atoms with E-state index in [-0.39, 0.29) is 5.91 Å². The molecule has 0 fully saturated rings. The van der Waals surface area contributed by atoms with Crippen LogP contribution in [0.3, 0.4) is 0 Å². The average Bonchev–Trinajstić information content (AvgIpc) is 3.17. The highest BCUT2D eigenvalue weighted by molar-refractivity contribution is 5.90. The Hall–Kier alpha value is -3.80. The molecule has 0 bridgehead atoms. The quantitative estimate of drug-likeness (QED) is 0.508. The van der Waals surface area contributed by atoms with Crippen molar-refractivity contribution in [3.8, 4) is 11.4 Å². The number of anilines is 2. The number of nitrogens with one attached hydrogen (secondary N) is 2. The number of para-hydroxylation sites is 2. The summed E-state index contributed by atoms with van der Waals surface area (Å²) in [5, 5.41) is 6.15. The van der Waals surface area contributed by atoms with Gasteiger partial charge in [-0.1, -0.05) is 24.3 Å². The molecule has 1 aromatic heterocycles. The molecule has 6 nitrogen and oxygen atoms in total. The zero-order chi connectivity index (χ0) is 20.2. The number of amides is 1. The Bertz CT molecular complexity index is 1150. The number of nitrogens with zero attached hydrogens (tertiary/aromatic N) is 2. The Balaban J connectivity index is 1.46. The minimum Gasteiger partial charge on any atom is -0.494 e. The van der Waals surface area contributed by atoms with E-state index < -0.39 is 0 Å². The van der Waals surface area contributed by atoms with E-state index >= 15 is 0 Å². The van der Waals surface area contributed by atoms with Crippen molar-refractivity contribution in [3.05, 3.63) is 78.6 Å². The molecule has 0 saturated heterocycles. The summed E-state index contributed by atoms with van der Waals surface area (Å²) in [5.41, 5.74) is 5.87. The van der Waals surface area contributed by atoms with Crippen molar-refractivity contribution >= 4 is 28.3 Å². The van der Waals surface area contributed by atoms with E-state index in [0.717, 1.165) is 28.0 Å². The standard InChI is InChI=1S/C23H22N4O2/c1-16(28)26-21-12-9-18(13-23(21)29-2)24-14-17-7-10-19(11-8-17)27-15-25-20-5-3-4-6-22(20)27/h3-13,15,24H,14H2,1-2H3,(H,26,28). The molecule has 0 spiro atoms. The van der Waals surface area contributed by atoms with Gasteiger partial charge in [-0.2, -0.15) is 0 Å². The third kappa shape index (κ3) is 4.06. The molecule has 3 aromatic carbocycles. The molecule has 0 aliphatic heterocycles. The minimum atomic E-state index is -0.130. The molecule has 2 N–H and O–H groups in total. The molecule has 146 valence electrons. The third-order valence-corrected chi connectivity index (χ3v) is 4.68. The first-order chi connectivity index (χ1) is 14.1. The van der Waals surface area contributed by atoms with Gasteiger partial charge in [0, 0.05) is 30.9 Å². The van der Waals surface area contributed by atoms with Crippen molar-refractivity contribution in [1.82, 2.24) is 9.55 Å². The highest BCUT2D eigenvalue weighted by Crippen LogP contribution is 2.28. The first-order valence-electron chi connectivity index (χ1n) is 9.35. The molecule has 0 aliphatic carbocycles. The highest BCUT2D eigenvalue weighted by atomic mass is 16.5. The number of methoxy groups -OCH3 is 1. The molecule has 0 radical (unpaired) electrons. The molecular formula is C23H22N4O2. The van der Waals surface area contributed by atoms with Crippen LogP contribution in [0.2, 0.25) is 0 Å².